The van der Waals surface area contributed by atoms with Crippen LogP contribution in [0.4, 0.5) is 5.69 Å². The van der Waals surface area contributed by atoms with Crippen molar-refractivity contribution in [1.29, 1.82) is 0 Å². The minimum absolute atomic E-state index is 0.132. The van der Waals surface area contributed by atoms with Gasteiger partial charge in [0.05, 0.1) is 18.4 Å². The van der Waals surface area contributed by atoms with Crippen LogP contribution in [-0.2, 0) is 6.54 Å². The fraction of sp³-hybridized carbons (Fsp3) is 0.357. The van der Waals surface area contributed by atoms with Crippen LogP contribution in [0, 0.1) is 6.92 Å². The summed E-state index contributed by atoms with van der Waals surface area (Å²) in [6, 6.07) is 3.57. The summed E-state index contributed by atoms with van der Waals surface area (Å²) in [5.41, 5.74) is 8.17. The van der Waals surface area contributed by atoms with Gasteiger partial charge in [-0.2, -0.15) is 5.10 Å². The van der Waals surface area contributed by atoms with Gasteiger partial charge in [-0.15, -0.1) is 0 Å². The maximum Gasteiger partial charge on any atom is 0.269 e. The van der Waals surface area contributed by atoms with Gasteiger partial charge in [0.25, 0.3) is 5.56 Å². The molecule has 0 radical (unpaired) electrons. The number of hydrogen-bond acceptors (Lipinski definition) is 5. The molecule has 0 aliphatic heterocycles. The molecule has 0 amide bonds. The third-order valence-electron chi connectivity index (χ3n) is 3.02. The van der Waals surface area contributed by atoms with Crippen molar-refractivity contribution in [2.24, 2.45) is 5.73 Å². The number of aryl methyl sites for hydroxylation is 1. The first-order chi connectivity index (χ1) is 9.60. The summed E-state index contributed by atoms with van der Waals surface area (Å²) in [4.78, 5) is 18.1. The SMILES string of the molecule is Cc1cncc(Cn2ncc(N(C)CCN)cc2=O)c1. The van der Waals surface area contributed by atoms with Crippen LogP contribution in [0.3, 0.4) is 0 Å². The lowest BCUT2D eigenvalue weighted by Crippen LogP contribution is -2.29. The van der Waals surface area contributed by atoms with Crippen molar-refractivity contribution in [1.82, 2.24) is 14.8 Å². The number of aromatic nitrogens is 3. The lowest BCUT2D eigenvalue weighted by Gasteiger charge is -2.17. The van der Waals surface area contributed by atoms with E-state index in [0.717, 1.165) is 16.8 Å². The Hall–Kier alpha value is -2.21. The van der Waals surface area contributed by atoms with Crippen LogP contribution in [0.1, 0.15) is 11.1 Å². The van der Waals surface area contributed by atoms with E-state index in [0.29, 0.717) is 19.6 Å². The van der Waals surface area contributed by atoms with Crippen molar-refractivity contribution in [3.8, 4) is 0 Å². The van der Waals surface area contributed by atoms with Crippen LogP contribution in [0.15, 0.2) is 35.5 Å². The number of pyridine rings is 1. The molecule has 0 saturated carbocycles. The minimum atomic E-state index is -0.132. The van der Waals surface area contributed by atoms with Gasteiger partial charge in [-0.25, -0.2) is 4.68 Å². The largest absolute Gasteiger partial charge is 0.372 e. The van der Waals surface area contributed by atoms with Crippen LogP contribution in [0.5, 0.6) is 0 Å². The van der Waals surface area contributed by atoms with Gasteiger partial charge >= 0.3 is 0 Å². The molecule has 0 fully saturated rings. The summed E-state index contributed by atoms with van der Waals surface area (Å²) in [7, 11) is 1.89. The van der Waals surface area contributed by atoms with Gasteiger partial charge in [0.15, 0.2) is 0 Å². The Morgan fingerprint density at radius 3 is 2.75 bits per heavy atom. The zero-order valence-corrected chi connectivity index (χ0v) is 11.8. The van der Waals surface area contributed by atoms with Crippen molar-refractivity contribution in [3.63, 3.8) is 0 Å². The van der Waals surface area contributed by atoms with E-state index in [-0.39, 0.29) is 5.56 Å². The van der Waals surface area contributed by atoms with Gasteiger partial charge in [0.2, 0.25) is 0 Å². The average Bonchev–Trinajstić information content (AvgIpc) is 2.41. The predicted octanol–water partition coefficient (Wildman–Crippen LogP) is 0.390. The average molecular weight is 273 g/mol. The topological polar surface area (TPSA) is 77.0 Å². The summed E-state index contributed by atoms with van der Waals surface area (Å²) in [5.74, 6) is 0. The maximum absolute atomic E-state index is 12.1. The van der Waals surface area contributed by atoms with E-state index < -0.39 is 0 Å². The molecule has 0 unspecified atom stereocenters. The molecule has 6 nitrogen and oxygen atoms in total. The number of rotatable bonds is 5. The number of nitrogens with zero attached hydrogens (tertiary/aromatic N) is 4. The Bertz CT molecular complexity index is 637. The molecule has 0 aliphatic carbocycles. The molecule has 6 heteroatoms. The Kier molecular flexibility index (Phi) is 4.47. The molecule has 0 saturated heterocycles. The zero-order valence-electron chi connectivity index (χ0n) is 11.8. The Labute approximate surface area is 117 Å². The molecular formula is C14H19N5O. The molecule has 20 heavy (non-hydrogen) atoms. The molecular weight excluding hydrogens is 254 g/mol. The van der Waals surface area contributed by atoms with E-state index in [1.165, 1.54) is 4.68 Å². The maximum atomic E-state index is 12.1. The third-order valence-corrected chi connectivity index (χ3v) is 3.02. The van der Waals surface area contributed by atoms with E-state index in [1.807, 2.05) is 24.9 Å². The molecule has 2 rings (SSSR count). The first-order valence-electron chi connectivity index (χ1n) is 6.49. The van der Waals surface area contributed by atoms with Gasteiger partial charge in [-0.05, 0) is 18.1 Å². The van der Waals surface area contributed by atoms with Crippen LogP contribution < -0.4 is 16.2 Å². The van der Waals surface area contributed by atoms with E-state index in [9.17, 15) is 4.79 Å². The highest BCUT2D eigenvalue weighted by Crippen LogP contribution is 2.07. The fourth-order valence-corrected chi connectivity index (χ4v) is 1.95. The number of likely N-dealkylation sites (N-methyl/N-ethyl adjacent to an activating group) is 1. The summed E-state index contributed by atoms with van der Waals surface area (Å²) in [6.07, 6.45) is 5.21. The normalized spacial score (nSPS) is 10.6. The fourth-order valence-electron chi connectivity index (χ4n) is 1.95. The minimum Gasteiger partial charge on any atom is -0.372 e. The summed E-state index contributed by atoms with van der Waals surface area (Å²) >= 11 is 0. The molecule has 2 aromatic heterocycles. The van der Waals surface area contributed by atoms with Gasteiger partial charge in [0, 0.05) is 38.6 Å². The molecule has 2 heterocycles. The third kappa shape index (κ3) is 3.42. The monoisotopic (exact) mass is 273 g/mol. The molecule has 0 aliphatic rings. The van der Waals surface area contributed by atoms with Crippen LogP contribution in [0.2, 0.25) is 0 Å². The van der Waals surface area contributed by atoms with Crippen molar-refractivity contribution >= 4 is 5.69 Å². The highest BCUT2D eigenvalue weighted by molar-refractivity contribution is 5.41. The molecule has 106 valence electrons. The number of hydrogen-bond donors (Lipinski definition) is 1. The lowest BCUT2D eigenvalue weighted by molar-refractivity contribution is 0.635. The molecule has 0 spiro atoms. The van der Waals surface area contributed by atoms with E-state index in [2.05, 4.69) is 10.1 Å². The second kappa shape index (κ2) is 6.29. The van der Waals surface area contributed by atoms with Crippen LogP contribution >= 0.6 is 0 Å². The van der Waals surface area contributed by atoms with Gasteiger partial charge in [0.1, 0.15) is 0 Å². The highest BCUT2D eigenvalue weighted by Gasteiger charge is 2.05. The number of nitrogens with two attached hydrogens (primary N) is 1. The van der Waals surface area contributed by atoms with Gasteiger partial charge in [-0.3, -0.25) is 9.78 Å². The Morgan fingerprint density at radius 2 is 2.10 bits per heavy atom. The first-order valence-corrected chi connectivity index (χ1v) is 6.49. The summed E-state index contributed by atoms with van der Waals surface area (Å²) < 4.78 is 1.43. The molecule has 0 aromatic carbocycles. The summed E-state index contributed by atoms with van der Waals surface area (Å²) in [6.45, 7) is 3.62. The standard InChI is InChI=1S/C14H19N5O/c1-11-5-12(8-16-7-11)10-19-14(20)6-13(9-17-19)18(2)4-3-15/h5-9H,3-4,10,15H2,1-2H3. The van der Waals surface area contributed by atoms with Crippen LogP contribution in [-0.4, -0.2) is 34.9 Å². The quantitative estimate of drug-likeness (QED) is 0.852. The van der Waals surface area contributed by atoms with Gasteiger partial charge < -0.3 is 10.6 Å². The van der Waals surface area contributed by atoms with Crippen molar-refractivity contribution in [2.75, 3.05) is 25.0 Å². The first kappa shape index (κ1) is 14.2. The number of anilines is 1. The molecule has 0 atom stereocenters. The Morgan fingerprint density at radius 1 is 1.30 bits per heavy atom. The highest BCUT2D eigenvalue weighted by atomic mass is 16.1. The smallest absolute Gasteiger partial charge is 0.269 e. The zero-order chi connectivity index (χ0) is 14.5. The van der Waals surface area contributed by atoms with Crippen molar-refractivity contribution in [3.05, 3.63) is 52.2 Å². The van der Waals surface area contributed by atoms with Gasteiger partial charge in [-0.1, -0.05) is 6.07 Å². The molecule has 0 bridgehead atoms. The van der Waals surface area contributed by atoms with Crippen LogP contribution in [0.25, 0.3) is 0 Å². The molecule has 2 N–H and O–H groups in total. The van der Waals surface area contributed by atoms with Crippen molar-refractivity contribution < 1.29 is 0 Å². The molecule has 2 aromatic rings. The predicted molar refractivity (Wildman–Crippen MR) is 78.9 cm³/mol. The van der Waals surface area contributed by atoms with E-state index >= 15 is 0 Å². The second-order valence-corrected chi connectivity index (χ2v) is 4.79. The van der Waals surface area contributed by atoms with Crippen molar-refractivity contribution in [2.45, 2.75) is 13.5 Å². The second-order valence-electron chi connectivity index (χ2n) is 4.79. The van der Waals surface area contributed by atoms with E-state index in [4.69, 9.17) is 5.73 Å². The lowest BCUT2D eigenvalue weighted by atomic mass is 10.2. The Balaban J connectivity index is 2.20. The van der Waals surface area contributed by atoms with E-state index in [1.54, 1.807) is 24.7 Å². The summed E-state index contributed by atoms with van der Waals surface area (Å²) in [5, 5.41) is 4.20.